The van der Waals surface area contributed by atoms with Crippen LogP contribution in [-0.4, -0.2) is 11.8 Å². The van der Waals surface area contributed by atoms with Gasteiger partial charge in [0.2, 0.25) is 0 Å². The molecule has 0 aromatic heterocycles. The Morgan fingerprint density at radius 3 is 1.92 bits per heavy atom. The van der Waals surface area contributed by atoms with E-state index in [0.29, 0.717) is 6.07 Å². The molecule has 2 N–H and O–H groups in total. The van der Waals surface area contributed by atoms with Crippen LogP contribution in [0, 0.1) is 5.82 Å². The predicted octanol–water partition coefficient (Wildman–Crippen LogP) is 4.08. The van der Waals surface area contributed by atoms with E-state index in [1.807, 2.05) is 5.32 Å². The lowest BCUT2D eigenvalue weighted by atomic mass is 10.2. The molecule has 0 saturated carbocycles. The molecule has 0 heterocycles. The van der Waals surface area contributed by atoms with Crippen molar-refractivity contribution in [1.82, 2.24) is 0 Å². The van der Waals surface area contributed by atoms with Gasteiger partial charge in [-0.3, -0.25) is 9.59 Å². The van der Waals surface area contributed by atoms with Gasteiger partial charge in [0.15, 0.2) is 0 Å². The molecule has 2 rings (SSSR count). The maximum absolute atomic E-state index is 12.7. The molecule has 24 heavy (non-hydrogen) atoms. The van der Waals surface area contributed by atoms with Crippen LogP contribution < -0.4 is 10.6 Å². The van der Waals surface area contributed by atoms with Gasteiger partial charge in [0, 0.05) is 11.4 Å². The van der Waals surface area contributed by atoms with Crippen molar-refractivity contribution in [3.63, 3.8) is 0 Å². The summed E-state index contributed by atoms with van der Waals surface area (Å²) >= 11 is 5.46. The summed E-state index contributed by atoms with van der Waals surface area (Å²) < 4.78 is 51.0. The molecule has 2 aromatic carbocycles. The van der Waals surface area contributed by atoms with Gasteiger partial charge in [-0.15, -0.1) is 0 Å². The molecule has 0 radical (unpaired) electrons. The minimum atomic E-state index is -4.70. The molecule has 0 aliphatic rings. The van der Waals surface area contributed by atoms with Gasteiger partial charge in [-0.1, -0.05) is 11.6 Å². The van der Waals surface area contributed by atoms with E-state index in [1.54, 1.807) is 0 Å². The van der Waals surface area contributed by atoms with Crippen LogP contribution in [0.1, 0.15) is 5.56 Å². The third-order valence-electron chi connectivity index (χ3n) is 2.84. The third-order valence-corrected chi connectivity index (χ3v) is 3.17. The zero-order valence-electron chi connectivity index (χ0n) is 11.7. The molecule has 0 atom stereocenters. The van der Waals surface area contributed by atoms with Gasteiger partial charge >= 0.3 is 18.0 Å². The third kappa shape index (κ3) is 4.45. The van der Waals surface area contributed by atoms with Crippen molar-refractivity contribution in [1.29, 1.82) is 0 Å². The Kier molecular flexibility index (Phi) is 5.08. The minimum Gasteiger partial charge on any atom is -0.318 e. The van der Waals surface area contributed by atoms with Crippen molar-refractivity contribution in [2.45, 2.75) is 6.18 Å². The number of nitrogens with one attached hydrogen (secondary N) is 2. The van der Waals surface area contributed by atoms with Gasteiger partial charge in [0.1, 0.15) is 5.82 Å². The molecular weight excluding hydrogens is 352 g/mol. The molecule has 0 aliphatic carbocycles. The lowest BCUT2D eigenvalue weighted by Gasteiger charge is -2.11. The topological polar surface area (TPSA) is 58.2 Å². The fourth-order valence-corrected chi connectivity index (χ4v) is 1.95. The van der Waals surface area contributed by atoms with Crippen molar-refractivity contribution in [2.75, 3.05) is 10.6 Å². The number of alkyl halides is 3. The Labute approximate surface area is 138 Å². The van der Waals surface area contributed by atoms with Crippen LogP contribution in [0.3, 0.4) is 0 Å². The number of halogens is 5. The van der Waals surface area contributed by atoms with E-state index >= 15 is 0 Å². The molecule has 0 aliphatic heterocycles. The summed E-state index contributed by atoms with van der Waals surface area (Å²) in [6, 6.07) is 7.30. The smallest absolute Gasteiger partial charge is 0.318 e. The summed E-state index contributed by atoms with van der Waals surface area (Å²) in [7, 11) is 0. The summed E-state index contributed by atoms with van der Waals surface area (Å²) in [5, 5.41) is 3.68. The predicted molar refractivity (Wildman–Crippen MR) is 80.1 cm³/mol. The molecule has 0 spiro atoms. The highest BCUT2D eigenvalue weighted by molar-refractivity contribution is 6.43. The van der Waals surface area contributed by atoms with Crippen LogP contribution in [0.15, 0.2) is 42.5 Å². The van der Waals surface area contributed by atoms with Gasteiger partial charge in [-0.25, -0.2) is 4.39 Å². The van der Waals surface area contributed by atoms with Gasteiger partial charge in [-0.2, -0.15) is 13.2 Å². The van der Waals surface area contributed by atoms with Gasteiger partial charge in [0.05, 0.1) is 10.6 Å². The summed E-state index contributed by atoms with van der Waals surface area (Å²) in [5.74, 6) is -2.84. The van der Waals surface area contributed by atoms with Crippen LogP contribution in [0.25, 0.3) is 0 Å². The van der Waals surface area contributed by atoms with E-state index in [-0.39, 0.29) is 11.4 Å². The van der Waals surface area contributed by atoms with Crippen molar-refractivity contribution in [3.8, 4) is 0 Å². The lowest BCUT2D eigenvalue weighted by Crippen LogP contribution is -2.29. The molecule has 126 valence electrons. The van der Waals surface area contributed by atoms with Gasteiger partial charge in [-0.05, 0) is 42.5 Å². The highest BCUT2D eigenvalue weighted by atomic mass is 35.5. The lowest BCUT2D eigenvalue weighted by molar-refractivity contribution is -0.137. The molecular formula is C15H9ClF4N2O2. The maximum atomic E-state index is 12.7. The fourth-order valence-electron chi connectivity index (χ4n) is 1.73. The molecule has 2 amide bonds. The first-order chi connectivity index (χ1) is 11.2. The summed E-state index contributed by atoms with van der Waals surface area (Å²) in [5.41, 5.74) is -1.23. The summed E-state index contributed by atoms with van der Waals surface area (Å²) in [6.07, 6.45) is -4.70. The van der Waals surface area contributed by atoms with Gasteiger partial charge < -0.3 is 10.6 Å². The molecule has 0 saturated heterocycles. The van der Waals surface area contributed by atoms with Crippen molar-refractivity contribution in [2.24, 2.45) is 0 Å². The number of anilines is 2. The highest BCUT2D eigenvalue weighted by Gasteiger charge is 2.33. The van der Waals surface area contributed by atoms with Crippen LogP contribution in [0.5, 0.6) is 0 Å². The normalized spacial score (nSPS) is 11.0. The van der Waals surface area contributed by atoms with E-state index in [2.05, 4.69) is 5.32 Å². The van der Waals surface area contributed by atoms with Crippen LogP contribution in [-0.2, 0) is 15.8 Å². The van der Waals surface area contributed by atoms with Crippen LogP contribution in [0.4, 0.5) is 28.9 Å². The number of rotatable bonds is 2. The monoisotopic (exact) mass is 360 g/mol. The molecule has 0 fully saturated rings. The Hall–Kier alpha value is -2.61. The Bertz CT molecular complexity index is 776. The van der Waals surface area contributed by atoms with Crippen molar-refractivity contribution < 1.29 is 27.2 Å². The number of hydrogen-bond donors (Lipinski definition) is 2. The van der Waals surface area contributed by atoms with Crippen molar-refractivity contribution in [3.05, 3.63) is 58.9 Å². The summed E-state index contributed by atoms with van der Waals surface area (Å²) in [6.45, 7) is 0. The maximum Gasteiger partial charge on any atom is 0.417 e. The SMILES string of the molecule is O=C(Nc1ccc(F)cc1)C(=O)Nc1ccc(Cl)c(C(F)(F)F)c1. The van der Waals surface area contributed by atoms with E-state index < -0.39 is 34.4 Å². The molecule has 9 heteroatoms. The quantitative estimate of drug-likeness (QED) is 0.626. The summed E-state index contributed by atoms with van der Waals surface area (Å²) in [4.78, 5) is 23.4. The molecule has 2 aromatic rings. The molecule has 0 unspecified atom stereocenters. The van der Waals surface area contributed by atoms with Crippen LogP contribution in [0.2, 0.25) is 5.02 Å². The number of carbonyl (C=O) groups is 2. The second-order valence-corrected chi connectivity index (χ2v) is 5.01. The van der Waals surface area contributed by atoms with E-state index in [9.17, 15) is 27.2 Å². The van der Waals surface area contributed by atoms with E-state index in [1.165, 1.54) is 12.1 Å². The first-order valence-electron chi connectivity index (χ1n) is 6.41. The number of hydrogen-bond acceptors (Lipinski definition) is 2. The zero-order valence-corrected chi connectivity index (χ0v) is 12.5. The molecule has 0 bridgehead atoms. The van der Waals surface area contributed by atoms with E-state index in [4.69, 9.17) is 11.6 Å². The first kappa shape index (κ1) is 17.7. The minimum absolute atomic E-state index is 0.156. The van der Waals surface area contributed by atoms with Crippen LogP contribution >= 0.6 is 11.6 Å². The van der Waals surface area contributed by atoms with Crippen molar-refractivity contribution >= 4 is 34.8 Å². The Balaban J connectivity index is 2.09. The zero-order chi connectivity index (χ0) is 17.9. The van der Waals surface area contributed by atoms with Gasteiger partial charge in [0.25, 0.3) is 0 Å². The number of benzene rings is 2. The second kappa shape index (κ2) is 6.88. The second-order valence-electron chi connectivity index (χ2n) is 4.61. The number of amides is 2. The average Bonchev–Trinajstić information content (AvgIpc) is 2.50. The average molecular weight is 361 g/mol. The largest absolute Gasteiger partial charge is 0.417 e. The number of carbonyl (C=O) groups excluding carboxylic acids is 2. The standard InChI is InChI=1S/C15H9ClF4N2O2/c16-12-6-5-10(7-11(12)15(18,19)20)22-14(24)13(23)21-9-3-1-8(17)2-4-9/h1-7H,(H,21,23)(H,22,24). The van der Waals surface area contributed by atoms with E-state index in [0.717, 1.165) is 24.3 Å². The Morgan fingerprint density at radius 2 is 1.38 bits per heavy atom. The first-order valence-corrected chi connectivity index (χ1v) is 6.79. The highest BCUT2D eigenvalue weighted by Crippen LogP contribution is 2.36. The fraction of sp³-hybridized carbons (Fsp3) is 0.0667. The Morgan fingerprint density at radius 1 is 0.875 bits per heavy atom. The molecule has 4 nitrogen and oxygen atoms in total.